The number of aliphatic hydroxyl groups is 4. The molecule has 0 heterocycles. The summed E-state index contributed by atoms with van der Waals surface area (Å²) in [5.74, 6) is -0.661. The Bertz CT molecular complexity index is 782. The molecule has 4 atom stereocenters. The minimum Gasteiger partial charge on any atom is -0.394 e. The number of carbonyl (C=O) groups is 1. The Hall–Kier alpha value is -1.47. The fraction of sp³-hybridized carbons (Fsp3) is 0.837. The van der Waals surface area contributed by atoms with E-state index in [1.165, 1.54) is 141 Å². The molecule has 0 aromatic rings. The van der Waals surface area contributed by atoms with Crippen molar-refractivity contribution < 1.29 is 25.2 Å². The normalized spacial score (nSPS) is 14.7. The average molecular weight is 692 g/mol. The van der Waals surface area contributed by atoms with Crippen LogP contribution in [0.15, 0.2) is 36.5 Å². The van der Waals surface area contributed by atoms with Crippen molar-refractivity contribution in [2.24, 2.45) is 0 Å². The number of carbonyl (C=O) groups excluding carboxylic acids is 1. The first-order valence-electron chi connectivity index (χ1n) is 20.9. The van der Waals surface area contributed by atoms with Gasteiger partial charge < -0.3 is 25.7 Å². The highest BCUT2D eigenvalue weighted by Gasteiger charge is 2.28. The topological polar surface area (TPSA) is 110 Å². The van der Waals surface area contributed by atoms with Gasteiger partial charge >= 0.3 is 0 Å². The van der Waals surface area contributed by atoms with E-state index < -0.39 is 36.9 Å². The van der Waals surface area contributed by atoms with Gasteiger partial charge in [-0.25, -0.2) is 0 Å². The van der Waals surface area contributed by atoms with E-state index in [0.717, 1.165) is 25.7 Å². The van der Waals surface area contributed by atoms with Crippen LogP contribution in [0, 0.1) is 0 Å². The molecule has 0 fully saturated rings. The zero-order valence-corrected chi connectivity index (χ0v) is 32.2. The van der Waals surface area contributed by atoms with Crippen LogP contribution in [0.3, 0.4) is 0 Å². The summed E-state index contributed by atoms with van der Waals surface area (Å²) in [4.78, 5) is 12.4. The Morgan fingerprint density at radius 3 is 1.37 bits per heavy atom. The van der Waals surface area contributed by atoms with Gasteiger partial charge in [0, 0.05) is 6.42 Å². The van der Waals surface area contributed by atoms with Gasteiger partial charge in [-0.05, 0) is 51.4 Å². The maximum absolute atomic E-state index is 12.4. The van der Waals surface area contributed by atoms with Gasteiger partial charge in [0.25, 0.3) is 0 Å². The third-order valence-corrected chi connectivity index (χ3v) is 9.58. The van der Waals surface area contributed by atoms with Crippen LogP contribution in [-0.2, 0) is 4.79 Å². The minimum absolute atomic E-state index is 0.152. The summed E-state index contributed by atoms with van der Waals surface area (Å²) in [5, 5.41) is 43.4. The monoisotopic (exact) mass is 692 g/mol. The van der Waals surface area contributed by atoms with Crippen molar-refractivity contribution in [2.45, 2.75) is 224 Å². The lowest BCUT2D eigenvalue weighted by atomic mass is 10.0. The third-order valence-electron chi connectivity index (χ3n) is 9.58. The lowest BCUT2D eigenvalue weighted by Gasteiger charge is -2.27. The van der Waals surface area contributed by atoms with Gasteiger partial charge in [0.1, 0.15) is 12.2 Å². The van der Waals surface area contributed by atoms with E-state index >= 15 is 0 Å². The molecule has 6 heteroatoms. The average Bonchev–Trinajstić information content (AvgIpc) is 3.11. The van der Waals surface area contributed by atoms with Gasteiger partial charge in [0.05, 0.1) is 18.8 Å². The number of amides is 1. The summed E-state index contributed by atoms with van der Waals surface area (Å²) in [7, 11) is 0. The molecule has 0 spiro atoms. The van der Waals surface area contributed by atoms with Crippen molar-refractivity contribution in [3.05, 3.63) is 36.5 Å². The highest BCUT2D eigenvalue weighted by Crippen LogP contribution is 2.15. The zero-order valence-electron chi connectivity index (χ0n) is 32.2. The van der Waals surface area contributed by atoms with Crippen LogP contribution in [0.4, 0.5) is 0 Å². The fourth-order valence-corrected chi connectivity index (χ4v) is 6.21. The predicted octanol–water partition coefficient (Wildman–Crippen LogP) is 10.6. The Morgan fingerprint density at radius 1 is 0.531 bits per heavy atom. The van der Waals surface area contributed by atoms with Crippen molar-refractivity contribution >= 4 is 5.91 Å². The summed E-state index contributed by atoms with van der Waals surface area (Å²) >= 11 is 0. The third kappa shape index (κ3) is 32.2. The standard InChI is InChI=1S/C43H81NO5/c1-3-5-7-9-11-13-15-17-18-19-20-21-22-23-24-25-27-28-30-32-34-36-40(46)42(48)39(38-45)44-43(49)41(47)37-35-33-31-29-26-16-14-12-10-8-6-4-2/h26,28-30,33,35,39-42,45-48H,3-25,27,31-32,34,36-38H2,1-2H3,(H,44,49)/b29-26-,30-28+,35-33-. The summed E-state index contributed by atoms with van der Waals surface area (Å²) in [6, 6.07) is -1.03. The second-order valence-corrected chi connectivity index (χ2v) is 14.3. The van der Waals surface area contributed by atoms with Crippen molar-refractivity contribution in [2.75, 3.05) is 6.61 Å². The molecule has 288 valence electrons. The molecule has 0 aromatic heterocycles. The van der Waals surface area contributed by atoms with E-state index in [-0.39, 0.29) is 6.42 Å². The molecule has 0 saturated heterocycles. The number of nitrogens with one attached hydrogen (secondary N) is 1. The number of aliphatic hydroxyl groups excluding tert-OH is 4. The lowest BCUT2D eigenvalue weighted by Crippen LogP contribution is -2.52. The molecule has 0 bridgehead atoms. The molecule has 0 aliphatic heterocycles. The fourth-order valence-electron chi connectivity index (χ4n) is 6.21. The van der Waals surface area contributed by atoms with E-state index in [1.807, 2.05) is 6.08 Å². The van der Waals surface area contributed by atoms with E-state index in [1.54, 1.807) is 6.08 Å². The summed E-state index contributed by atoms with van der Waals surface area (Å²) in [6.07, 6.45) is 43.4. The van der Waals surface area contributed by atoms with Crippen LogP contribution in [0.1, 0.15) is 200 Å². The van der Waals surface area contributed by atoms with Crippen LogP contribution in [-0.4, -0.2) is 57.3 Å². The highest BCUT2D eigenvalue weighted by molar-refractivity contribution is 5.81. The molecule has 1 amide bonds. The number of rotatable bonds is 37. The van der Waals surface area contributed by atoms with E-state index in [4.69, 9.17) is 0 Å². The lowest BCUT2D eigenvalue weighted by molar-refractivity contribution is -0.132. The molecular weight excluding hydrogens is 610 g/mol. The first-order valence-corrected chi connectivity index (χ1v) is 20.9. The van der Waals surface area contributed by atoms with E-state index in [0.29, 0.717) is 12.8 Å². The van der Waals surface area contributed by atoms with Crippen molar-refractivity contribution in [3.63, 3.8) is 0 Å². The second-order valence-electron chi connectivity index (χ2n) is 14.3. The number of allylic oxidation sites excluding steroid dienone is 5. The van der Waals surface area contributed by atoms with Crippen LogP contribution in [0.5, 0.6) is 0 Å². The molecule has 0 aliphatic rings. The SMILES string of the molecule is CCCCCCCC/C=C\C/C=C\CC(O)C(=O)NC(CO)C(O)C(O)CCC/C=C/CCCCCCCCCCCCCCCCCC. The number of hydrogen-bond donors (Lipinski definition) is 5. The maximum Gasteiger partial charge on any atom is 0.249 e. The summed E-state index contributed by atoms with van der Waals surface area (Å²) in [5.41, 5.74) is 0. The largest absolute Gasteiger partial charge is 0.394 e. The predicted molar refractivity (Wildman–Crippen MR) is 210 cm³/mol. The van der Waals surface area contributed by atoms with E-state index in [9.17, 15) is 25.2 Å². The quantitative estimate of drug-likeness (QED) is 0.0329. The minimum atomic E-state index is -1.30. The van der Waals surface area contributed by atoms with Crippen molar-refractivity contribution in [3.8, 4) is 0 Å². The molecule has 6 nitrogen and oxygen atoms in total. The van der Waals surface area contributed by atoms with E-state index in [2.05, 4.69) is 43.5 Å². The molecule has 0 rings (SSSR count). The Kier molecular flexibility index (Phi) is 36.6. The molecular formula is C43H81NO5. The molecule has 0 saturated carbocycles. The Balaban J connectivity index is 3.83. The van der Waals surface area contributed by atoms with Gasteiger partial charge in [0.2, 0.25) is 5.91 Å². The van der Waals surface area contributed by atoms with Crippen molar-refractivity contribution in [1.29, 1.82) is 0 Å². The first-order chi connectivity index (χ1) is 24.0. The maximum atomic E-state index is 12.4. The zero-order chi connectivity index (χ0) is 36.0. The summed E-state index contributed by atoms with van der Waals surface area (Å²) in [6.45, 7) is 3.99. The van der Waals surface area contributed by atoms with Crippen LogP contribution in [0.25, 0.3) is 0 Å². The van der Waals surface area contributed by atoms with Gasteiger partial charge in [0.15, 0.2) is 0 Å². The molecule has 0 aromatic carbocycles. The van der Waals surface area contributed by atoms with Gasteiger partial charge in [-0.2, -0.15) is 0 Å². The molecule has 0 aliphatic carbocycles. The Labute approximate surface area is 303 Å². The molecule has 49 heavy (non-hydrogen) atoms. The van der Waals surface area contributed by atoms with Crippen LogP contribution >= 0.6 is 0 Å². The van der Waals surface area contributed by atoms with Crippen LogP contribution in [0.2, 0.25) is 0 Å². The first kappa shape index (κ1) is 47.5. The second kappa shape index (κ2) is 37.8. The van der Waals surface area contributed by atoms with Gasteiger partial charge in [-0.15, -0.1) is 0 Å². The summed E-state index contributed by atoms with van der Waals surface area (Å²) < 4.78 is 0. The highest BCUT2D eigenvalue weighted by atomic mass is 16.3. The molecule has 5 N–H and O–H groups in total. The smallest absolute Gasteiger partial charge is 0.249 e. The number of hydrogen-bond acceptors (Lipinski definition) is 5. The molecule has 4 unspecified atom stereocenters. The van der Waals surface area contributed by atoms with Crippen molar-refractivity contribution in [1.82, 2.24) is 5.32 Å². The number of unbranched alkanes of at least 4 members (excludes halogenated alkanes) is 23. The van der Waals surface area contributed by atoms with Gasteiger partial charge in [-0.3, -0.25) is 4.79 Å². The Morgan fingerprint density at radius 2 is 0.918 bits per heavy atom. The molecule has 0 radical (unpaired) electrons. The van der Waals surface area contributed by atoms with Crippen LogP contribution < -0.4 is 5.32 Å². The van der Waals surface area contributed by atoms with Gasteiger partial charge in [-0.1, -0.05) is 179 Å².